The van der Waals surface area contributed by atoms with Crippen molar-refractivity contribution in [3.8, 4) is 0 Å². The molecule has 2 N–H and O–H groups in total. The molecule has 1 unspecified atom stereocenters. The van der Waals surface area contributed by atoms with Gasteiger partial charge in [0.1, 0.15) is 6.04 Å². The summed E-state index contributed by atoms with van der Waals surface area (Å²) in [5, 5.41) is 6.45. The number of amides is 1. The van der Waals surface area contributed by atoms with Gasteiger partial charge in [0, 0.05) is 11.7 Å². The molecule has 0 aromatic heterocycles. The van der Waals surface area contributed by atoms with Crippen LogP contribution < -0.4 is 10.6 Å². The van der Waals surface area contributed by atoms with Crippen LogP contribution in [0.2, 0.25) is 0 Å². The van der Waals surface area contributed by atoms with E-state index in [-0.39, 0.29) is 11.9 Å². The maximum atomic E-state index is 12.9. The van der Waals surface area contributed by atoms with Crippen molar-refractivity contribution in [3.05, 3.63) is 90.6 Å². The summed E-state index contributed by atoms with van der Waals surface area (Å²) < 4.78 is 0. The average Bonchev–Trinajstić information content (AvgIpc) is 2.68. The quantitative estimate of drug-likeness (QED) is 0.533. The lowest BCUT2D eigenvalue weighted by molar-refractivity contribution is -0.117. The Hall–Kier alpha value is -2.65. The van der Waals surface area contributed by atoms with Crippen molar-refractivity contribution in [2.45, 2.75) is 46.2 Å². The van der Waals surface area contributed by atoms with E-state index in [2.05, 4.69) is 24.1 Å². The van der Waals surface area contributed by atoms with E-state index in [1.807, 2.05) is 93.6 Å². The molecule has 1 rings (SSSR count). The number of hydrogen-bond donors (Lipinski definition) is 2. The highest BCUT2D eigenvalue weighted by Crippen LogP contribution is 2.13. The number of para-hydroxylation sites is 1. The fourth-order valence-corrected chi connectivity index (χ4v) is 2.63. The molecule has 0 saturated heterocycles. The Labute approximate surface area is 164 Å². The first kappa shape index (κ1) is 22.4. The number of nitrogens with one attached hydrogen (secondary N) is 2. The summed E-state index contributed by atoms with van der Waals surface area (Å²) in [7, 11) is 0. The molecule has 0 aliphatic rings. The van der Waals surface area contributed by atoms with Crippen molar-refractivity contribution in [1.82, 2.24) is 5.32 Å². The lowest BCUT2D eigenvalue weighted by Gasteiger charge is -2.24. The Morgan fingerprint density at radius 2 is 1.74 bits per heavy atom. The first-order chi connectivity index (χ1) is 13.0. The summed E-state index contributed by atoms with van der Waals surface area (Å²) in [4.78, 5) is 12.9. The SMILES string of the molecule is C=C/C(=C\C=C/C)CC(C)N[C@@H](C(=O)Nc1ccccc1)/C(C)=C/C=C\C. The molecule has 3 nitrogen and oxygen atoms in total. The maximum Gasteiger partial charge on any atom is 0.245 e. The van der Waals surface area contributed by atoms with Gasteiger partial charge in [-0.2, -0.15) is 0 Å². The number of allylic oxidation sites excluding steroid dienone is 7. The zero-order valence-corrected chi connectivity index (χ0v) is 16.9. The Morgan fingerprint density at radius 3 is 2.33 bits per heavy atom. The molecule has 0 heterocycles. The standard InChI is InChI=1S/C24H32N2O/c1-6-9-14-19(4)23(24(27)26-22-16-12-11-13-17-22)25-20(5)18-21(8-3)15-10-7-2/h6-17,20,23,25H,3,18H2,1-2,4-5H3,(H,26,27)/b9-6-,10-7-,19-14+,21-15+/t20?,23-/m1/s1. The van der Waals surface area contributed by atoms with Crippen LogP contribution in [-0.2, 0) is 4.79 Å². The zero-order valence-electron chi connectivity index (χ0n) is 16.9. The molecule has 144 valence electrons. The van der Waals surface area contributed by atoms with Crippen LogP contribution in [0, 0.1) is 0 Å². The molecule has 0 saturated carbocycles. The Bertz CT molecular complexity index is 711. The van der Waals surface area contributed by atoms with E-state index in [0.29, 0.717) is 0 Å². The predicted octanol–water partition coefficient (Wildman–Crippen LogP) is 5.57. The van der Waals surface area contributed by atoms with Crippen LogP contribution in [0.4, 0.5) is 5.69 Å². The van der Waals surface area contributed by atoms with E-state index in [1.54, 1.807) is 0 Å². The molecule has 3 heteroatoms. The molecule has 1 amide bonds. The van der Waals surface area contributed by atoms with Crippen LogP contribution in [0.1, 0.15) is 34.1 Å². The van der Waals surface area contributed by atoms with Gasteiger partial charge in [-0.05, 0) is 57.4 Å². The van der Waals surface area contributed by atoms with Crippen molar-refractivity contribution in [2.24, 2.45) is 0 Å². The molecule has 0 bridgehead atoms. The molecule has 0 aliphatic carbocycles. The third kappa shape index (κ3) is 8.52. The number of carbonyl (C=O) groups excluding carboxylic acids is 1. The van der Waals surface area contributed by atoms with E-state index < -0.39 is 6.04 Å². The van der Waals surface area contributed by atoms with Gasteiger partial charge in [0.25, 0.3) is 0 Å². The summed E-state index contributed by atoms with van der Waals surface area (Å²) in [6.45, 7) is 11.9. The zero-order chi connectivity index (χ0) is 20.1. The van der Waals surface area contributed by atoms with E-state index in [4.69, 9.17) is 0 Å². The fourth-order valence-electron chi connectivity index (χ4n) is 2.63. The van der Waals surface area contributed by atoms with Gasteiger partial charge in [0.05, 0.1) is 0 Å². The molecular weight excluding hydrogens is 332 g/mol. The van der Waals surface area contributed by atoms with E-state index in [1.165, 1.54) is 0 Å². The molecule has 0 radical (unpaired) electrons. The highest BCUT2D eigenvalue weighted by molar-refractivity contribution is 5.96. The number of anilines is 1. The van der Waals surface area contributed by atoms with Crippen LogP contribution in [0.5, 0.6) is 0 Å². The monoisotopic (exact) mass is 364 g/mol. The molecule has 1 aromatic rings. The van der Waals surface area contributed by atoms with Gasteiger partial charge in [-0.25, -0.2) is 0 Å². The highest BCUT2D eigenvalue weighted by Gasteiger charge is 2.22. The summed E-state index contributed by atoms with van der Waals surface area (Å²) in [5.74, 6) is -0.0658. The Balaban J connectivity index is 2.94. The van der Waals surface area contributed by atoms with Gasteiger partial charge in [-0.1, -0.05) is 67.3 Å². The number of carbonyl (C=O) groups is 1. The fraction of sp³-hybridized carbons (Fsp3) is 0.292. The Morgan fingerprint density at radius 1 is 1.11 bits per heavy atom. The van der Waals surface area contributed by atoms with Crippen molar-refractivity contribution in [1.29, 1.82) is 0 Å². The van der Waals surface area contributed by atoms with Crippen LogP contribution in [0.3, 0.4) is 0 Å². The largest absolute Gasteiger partial charge is 0.324 e. The Kier molecular flexibility index (Phi) is 10.5. The van der Waals surface area contributed by atoms with E-state index in [0.717, 1.165) is 23.3 Å². The van der Waals surface area contributed by atoms with Crippen LogP contribution in [-0.4, -0.2) is 18.0 Å². The normalized spacial score (nSPS) is 15.1. The topological polar surface area (TPSA) is 41.1 Å². The first-order valence-electron chi connectivity index (χ1n) is 9.37. The number of rotatable bonds is 10. The number of benzene rings is 1. The molecule has 0 aliphatic heterocycles. The molecular formula is C24H32N2O. The van der Waals surface area contributed by atoms with E-state index >= 15 is 0 Å². The highest BCUT2D eigenvalue weighted by atomic mass is 16.2. The van der Waals surface area contributed by atoms with Crippen molar-refractivity contribution in [2.75, 3.05) is 5.32 Å². The van der Waals surface area contributed by atoms with Gasteiger partial charge >= 0.3 is 0 Å². The predicted molar refractivity (Wildman–Crippen MR) is 118 cm³/mol. The van der Waals surface area contributed by atoms with Crippen LogP contribution >= 0.6 is 0 Å². The van der Waals surface area contributed by atoms with Gasteiger partial charge < -0.3 is 5.32 Å². The molecule has 0 spiro atoms. The van der Waals surface area contributed by atoms with Crippen molar-refractivity contribution < 1.29 is 4.79 Å². The lowest BCUT2D eigenvalue weighted by atomic mass is 10.0. The smallest absolute Gasteiger partial charge is 0.245 e. The third-order valence-corrected chi connectivity index (χ3v) is 4.07. The van der Waals surface area contributed by atoms with Crippen LogP contribution in [0.15, 0.2) is 90.6 Å². The van der Waals surface area contributed by atoms with Gasteiger partial charge in [-0.15, -0.1) is 0 Å². The minimum absolute atomic E-state index is 0.0658. The summed E-state index contributed by atoms with van der Waals surface area (Å²) >= 11 is 0. The van der Waals surface area contributed by atoms with Gasteiger partial charge in [0.15, 0.2) is 0 Å². The lowest BCUT2D eigenvalue weighted by Crippen LogP contribution is -2.45. The molecule has 2 atom stereocenters. The summed E-state index contributed by atoms with van der Waals surface area (Å²) in [6, 6.07) is 9.22. The molecule has 27 heavy (non-hydrogen) atoms. The minimum Gasteiger partial charge on any atom is -0.324 e. The van der Waals surface area contributed by atoms with Crippen molar-refractivity contribution in [3.63, 3.8) is 0 Å². The van der Waals surface area contributed by atoms with Crippen molar-refractivity contribution >= 4 is 11.6 Å². The van der Waals surface area contributed by atoms with Crippen LogP contribution in [0.25, 0.3) is 0 Å². The average molecular weight is 365 g/mol. The van der Waals surface area contributed by atoms with Gasteiger partial charge in [0.2, 0.25) is 5.91 Å². The minimum atomic E-state index is -0.413. The first-order valence-corrected chi connectivity index (χ1v) is 9.37. The second-order valence-corrected chi connectivity index (χ2v) is 6.47. The third-order valence-electron chi connectivity index (χ3n) is 4.07. The molecule has 0 fully saturated rings. The van der Waals surface area contributed by atoms with Gasteiger partial charge in [-0.3, -0.25) is 10.1 Å². The second kappa shape index (κ2) is 12.7. The number of hydrogen-bond acceptors (Lipinski definition) is 2. The summed E-state index contributed by atoms with van der Waals surface area (Å²) in [5.41, 5.74) is 2.89. The maximum absolute atomic E-state index is 12.9. The van der Waals surface area contributed by atoms with E-state index in [9.17, 15) is 4.79 Å². The second-order valence-electron chi connectivity index (χ2n) is 6.47. The summed E-state index contributed by atoms with van der Waals surface area (Å²) in [6.07, 6.45) is 14.6. The molecule has 1 aromatic carbocycles.